The molecular weight excluding hydrogens is 244 g/mol. The first kappa shape index (κ1) is 13.5. The van der Waals surface area contributed by atoms with E-state index in [0.29, 0.717) is 6.54 Å². The predicted molar refractivity (Wildman–Crippen MR) is 78.1 cm³/mol. The molecule has 1 aromatic carbocycles. The molecule has 0 aliphatic rings. The van der Waals surface area contributed by atoms with Crippen LogP contribution in [0, 0.1) is 0 Å². The number of benzene rings is 1. The molecule has 1 unspecified atom stereocenters. The van der Waals surface area contributed by atoms with Crippen LogP contribution in [0.15, 0.2) is 29.6 Å². The van der Waals surface area contributed by atoms with Gasteiger partial charge in [-0.1, -0.05) is 18.2 Å². The van der Waals surface area contributed by atoms with Gasteiger partial charge in [0.25, 0.3) is 0 Å². The van der Waals surface area contributed by atoms with Gasteiger partial charge in [0.2, 0.25) is 0 Å². The quantitative estimate of drug-likeness (QED) is 0.871. The molecule has 3 nitrogen and oxygen atoms in total. The average molecular weight is 264 g/mol. The van der Waals surface area contributed by atoms with E-state index in [1.54, 1.807) is 18.4 Å². The summed E-state index contributed by atoms with van der Waals surface area (Å²) in [4.78, 5) is 2.26. The minimum absolute atomic E-state index is 0.260. The molecule has 2 N–H and O–H groups in total. The molecule has 0 aliphatic heterocycles. The lowest BCUT2D eigenvalue weighted by atomic mass is 10.0. The third-order valence-corrected chi connectivity index (χ3v) is 4.26. The number of likely N-dealkylation sites (N-methyl/N-ethyl adjacent to an activating group) is 1. The minimum atomic E-state index is 0.260. The number of thiophene rings is 1. The van der Waals surface area contributed by atoms with E-state index in [-0.39, 0.29) is 6.04 Å². The maximum Gasteiger partial charge on any atom is 0.0589 e. The Morgan fingerprint density at radius 3 is 2.89 bits per heavy atom. The molecule has 0 amide bonds. The van der Waals surface area contributed by atoms with Gasteiger partial charge in [-0.3, -0.25) is 4.90 Å². The molecule has 1 atom stereocenters. The maximum absolute atomic E-state index is 5.95. The number of hydrogen-bond donors (Lipinski definition) is 1. The number of methoxy groups -OCH3 is 1. The number of fused-ring (bicyclic) bond motifs is 1. The molecule has 0 radical (unpaired) electrons. The molecule has 1 aromatic heterocycles. The largest absolute Gasteiger partial charge is 0.383 e. The summed E-state index contributed by atoms with van der Waals surface area (Å²) >= 11 is 1.79. The van der Waals surface area contributed by atoms with Gasteiger partial charge in [-0.05, 0) is 29.4 Å². The zero-order chi connectivity index (χ0) is 13.0. The van der Waals surface area contributed by atoms with E-state index in [4.69, 9.17) is 10.5 Å². The van der Waals surface area contributed by atoms with Crippen molar-refractivity contribution in [1.82, 2.24) is 4.90 Å². The summed E-state index contributed by atoms with van der Waals surface area (Å²) in [5.41, 5.74) is 7.28. The first-order chi connectivity index (χ1) is 8.77. The van der Waals surface area contributed by atoms with Crippen LogP contribution < -0.4 is 5.73 Å². The summed E-state index contributed by atoms with van der Waals surface area (Å²) in [6.45, 7) is 2.25. The zero-order valence-corrected chi connectivity index (χ0v) is 11.7. The minimum Gasteiger partial charge on any atom is -0.383 e. The van der Waals surface area contributed by atoms with Crippen LogP contribution in [0.1, 0.15) is 11.6 Å². The highest BCUT2D eigenvalue weighted by molar-refractivity contribution is 7.17. The maximum atomic E-state index is 5.95. The third-order valence-electron chi connectivity index (χ3n) is 3.27. The van der Waals surface area contributed by atoms with Crippen LogP contribution in [0.4, 0.5) is 0 Å². The van der Waals surface area contributed by atoms with E-state index in [0.717, 1.165) is 13.2 Å². The molecule has 0 saturated heterocycles. The van der Waals surface area contributed by atoms with Crippen LogP contribution in [0.2, 0.25) is 0 Å². The van der Waals surface area contributed by atoms with E-state index >= 15 is 0 Å². The molecule has 0 saturated carbocycles. The standard InChI is InChI=1S/C14H20N2OS/c1-16(7-8-17-2)13(9-15)12-10-18-14-6-4-3-5-11(12)14/h3-6,10,13H,7-9,15H2,1-2H3. The summed E-state index contributed by atoms with van der Waals surface area (Å²) in [7, 11) is 3.83. The summed E-state index contributed by atoms with van der Waals surface area (Å²) in [6.07, 6.45) is 0. The number of nitrogens with two attached hydrogens (primary N) is 1. The van der Waals surface area contributed by atoms with Crippen molar-refractivity contribution in [1.29, 1.82) is 0 Å². The Kier molecular flexibility index (Phi) is 4.72. The van der Waals surface area contributed by atoms with E-state index in [9.17, 15) is 0 Å². The Morgan fingerprint density at radius 1 is 1.39 bits per heavy atom. The number of ether oxygens (including phenoxy) is 1. The summed E-state index contributed by atoms with van der Waals surface area (Å²) < 4.78 is 6.46. The van der Waals surface area contributed by atoms with Gasteiger partial charge in [0.1, 0.15) is 0 Å². The second-order valence-corrected chi connectivity index (χ2v) is 5.32. The Labute approximate surface area is 112 Å². The fraction of sp³-hybridized carbons (Fsp3) is 0.429. The van der Waals surface area contributed by atoms with Crippen LogP contribution in [0.5, 0.6) is 0 Å². The zero-order valence-electron chi connectivity index (χ0n) is 10.9. The fourth-order valence-electron chi connectivity index (χ4n) is 2.19. The van der Waals surface area contributed by atoms with Gasteiger partial charge in [-0.25, -0.2) is 0 Å². The lowest BCUT2D eigenvalue weighted by Gasteiger charge is -2.26. The van der Waals surface area contributed by atoms with E-state index in [2.05, 4.69) is 41.6 Å². The highest BCUT2D eigenvalue weighted by Gasteiger charge is 2.18. The molecule has 0 fully saturated rings. The normalized spacial score (nSPS) is 13.3. The van der Waals surface area contributed by atoms with Gasteiger partial charge in [0.15, 0.2) is 0 Å². The van der Waals surface area contributed by atoms with E-state index in [1.807, 2.05) is 0 Å². The second kappa shape index (κ2) is 6.29. The Bertz CT molecular complexity index is 497. The average Bonchev–Trinajstić information content (AvgIpc) is 2.81. The Balaban J connectivity index is 2.26. The van der Waals surface area contributed by atoms with Crippen molar-refractivity contribution in [2.75, 3.05) is 33.9 Å². The van der Waals surface area contributed by atoms with E-state index in [1.165, 1.54) is 15.6 Å². The number of rotatable bonds is 6. The van der Waals surface area contributed by atoms with Crippen molar-refractivity contribution in [3.63, 3.8) is 0 Å². The lowest BCUT2D eigenvalue weighted by Crippen LogP contribution is -2.32. The van der Waals surface area contributed by atoms with Gasteiger partial charge in [-0.2, -0.15) is 0 Å². The van der Waals surface area contributed by atoms with Gasteiger partial charge in [0.05, 0.1) is 6.61 Å². The molecule has 2 rings (SSSR count). The second-order valence-electron chi connectivity index (χ2n) is 4.41. The first-order valence-corrected chi connectivity index (χ1v) is 7.01. The number of nitrogens with zero attached hydrogens (tertiary/aromatic N) is 1. The summed E-state index contributed by atoms with van der Waals surface area (Å²) in [5.74, 6) is 0. The number of hydrogen-bond acceptors (Lipinski definition) is 4. The fourth-order valence-corrected chi connectivity index (χ4v) is 3.20. The molecule has 4 heteroatoms. The van der Waals surface area contributed by atoms with E-state index < -0.39 is 0 Å². The first-order valence-electron chi connectivity index (χ1n) is 6.13. The molecule has 2 aromatic rings. The van der Waals surface area contributed by atoms with Crippen molar-refractivity contribution < 1.29 is 4.74 Å². The van der Waals surface area contributed by atoms with Crippen LogP contribution in [0.3, 0.4) is 0 Å². The van der Waals surface area contributed by atoms with Crippen molar-refractivity contribution in [2.45, 2.75) is 6.04 Å². The van der Waals surface area contributed by atoms with Crippen molar-refractivity contribution in [3.05, 3.63) is 35.2 Å². The highest BCUT2D eigenvalue weighted by Crippen LogP contribution is 2.32. The van der Waals surface area contributed by atoms with Crippen LogP contribution >= 0.6 is 11.3 Å². The van der Waals surface area contributed by atoms with Gasteiger partial charge in [-0.15, -0.1) is 11.3 Å². The van der Waals surface area contributed by atoms with Crippen LogP contribution in [-0.2, 0) is 4.74 Å². The molecule has 0 aliphatic carbocycles. The molecule has 0 bridgehead atoms. The molecule has 18 heavy (non-hydrogen) atoms. The summed E-state index contributed by atoms with van der Waals surface area (Å²) in [5, 5.41) is 3.55. The van der Waals surface area contributed by atoms with Gasteiger partial charge in [0, 0.05) is 30.9 Å². The Morgan fingerprint density at radius 2 is 2.17 bits per heavy atom. The summed E-state index contributed by atoms with van der Waals surface area (Å²) in [6, 6.07) is 8.76. The third kappa shape index (κ3) is 2.72. The molecule has 1 heterocycles. The monoisotopic (exact) mass is 264 g/mol. The molecule has 0 spiro atoms. The van der Waals surface area contributed by atoms with Crippen molar-refractivity contribution in [3.8, 4) is 0 Å². The van der Waals surface area contributed by atoms with Crippen molar-refractivity contribution in [2.24, 2.45) is 5.73 Å². The predicted octanol–water partition coefficient (Wildman–Crippen LogP) is 2.48. The van der Waals surface area contributed by atoms with Crippen LogP contribution in [-0.4, -0.2) is 38.8 Å². The highest BCUT2D eigenvalue weighted by atomic mass is 32.1. The van der Waals surface area contributed by atoms with Gasteiger partial charge < -0.3 is 10.5 Å². The van der Waals surface area contributed by atoms with Crippen molar-refractivity contribution >= 4 is 21.4 Å². The topological polar surface area (TPSA) is 38.5 Å². The Hall–Kier alpha value is -0.940. The van der Waals surface area contributed by atoms with Gasteiger partial charge >= 0.3 is 0 Å². The van der Waals surface area contributed by atoms with Crippen LogP contribution in [0.25, 0.3) is 10.1 Å². The molecular formula is C14H20N2OS. The molecule has 98 valence electrons. The smallest absolute Gasteiger partial charge is 0.0589 e. The lowest BCUT2D eigenvalue weighted by molar-refractivity contribution is 0.141. The SMILES string of the molecule is COCCN(C)C(CN)c1csc2ccccc12.